The van der Waals surface area contributed by atoms with Gasteiger partial charge in [-0.25, -0.2) is 15.0 Å². The molecule has 0 aliphatic carbocycles. The van der Waals surface area contributed by atoms with Gasteiger partial charge in [0, 0.05) is 36.9 Å². The Morgan fingerprint density at radius 2 is 0.695 bits per heavy atom. The monoisotopic (exact) mass is 769 g/mol. The van der Waals surface area contributed by atoms with Crippen molar-refractivity contribution in [3.63, 3.8) is 0 Å². The van der Waals surface area contributed by atoms with E-state index in [-0.39, 0.29) is 0 Å². The summed E-state index contributed by atoms with van der Waals surface area (Å²) in [6.45, 7) is 0. The molecule has 3 nitrogen and oxygen atoms in total. The van der Waals surface area contributed by atoms with Crippen LogP contribution in [0.5, 0.6) is 0 Å². The lowest BCUT2D eigenvalue weighted by molar-refractivity contribution is 1.07. The molecule has 0 N–H and O–H groups in total. The van der Waals surface area contributed by atoms with Crippen LogP contribution in [0.3, 0.4) is 0 Å². The lowest BCUT2D eigenvalue weighted by atomic mass is 9.90. The van der Waals surface area contributed by atoms with Crippen LogP contribution < -0.4 is 0 Å². The van der Waals surface area contributed by atoms with E-state index in [2.05, 4.69) is 182 Å². The van der Waals surface area contributed by atoms with Gasteiger partial charge in [0.05, 0.1) is 0 Å². The third kappa shape index (κ3) is 6.37. The van der Waals surface area contributed by atoms with Crippen LogP contribution in [0.4, 0.5) is 0 Å². The average Bonchev–Trinajstić information content (AvgIpc) is 3.71. The highest BCUT2D eigenvalue weighted by atomic mass is 32.1. The number of thiophene rings is 1. The number of fused-ring (bicyclic) bond motifs is 4. The number of benzene rings is 9. The van der Waals surface area contributed by atoms with Gasteiger partial charge in [-0.1, -0.05) is 194 Å². The maximum atomic E-state index is 5.18. The van der Waals surface area contributed by atoms with Gasteiger partial charge < -0.3 is 0 Å². The Balaban J connectivity index is 1.01. The fourth-order valence-electron chi connectivity index (χ4n) is 8.35. The largest absolute Gasteiger partial charge is 0.208 e. The van der Waals surface area contributed by atoms with Crippen molar-refractivity contribution in [1.29, 1.82) is 0 Å². The summed E-state index contributed by atoms with van der Waals surface area (Å²) >= 11 is 1.87. The number of hydrogen-bond donors (Lipinski definition) is 0. The number of aromatic nitrogens is 3. The molecule has 0 radical (unpaired) electrons. The van der Waals surface area contributed by atoms with Crippen LogP contribution in [0.15, 0.2) is 212 Å². The molecular weight excluding hydrogens is 735 g/mol. The molecular formula is C55H35N3S. The van der Waals surface area contributed by atoms with E-state index in [0.717, 1.165) is 38.9 Å². The van der Waals surface area contributed by atoms with E-state index < -0.39 is 0 Å². The molecule has 0 saturated carbocycles. The van der Waals surface area contributed by atoms with Crippen molar-refractivity contribution in [3.8, 4) is 78.7 Å². The van der Waals surface area contributed by atoms with Crippen molar-refractivity contribution < 1.29 is 0 Å². The molecule has 59 heavy (non-hydrogen) atoms. The fourth-order valence-corrected chi connectivity index (χ4v) is 9.58. The Morgan fingerprint density at radius 1 is 0.254 bits per heavy atom. The van der Waals surface area contributed by atoms with E-state index in [1.54, 1.807) is 0 Å². The second-order valence-electron chi connectivity index (χ2n) is 14.7. The number of hydrogen-bond acceptors (Lipinski definition) is 4. The van der Waals surface area contributed by atoms with Crippen molar-refractivity contribution in [1.82, 2.24) is 15.0 Å². The molecule has 11 rings (SSSR count). The zero-order chi connectivity index (χ0) is 39.1. The zero-order valence-corrected chi connectivity index (χ0v) is 32.8. The van der Waals surface area contributed by atoms with Crippen LogP contribution in [0.25, 0.3) is 110 Å². The predicted octanol–water partition coefficient (Wildman–Crippen LogP) is 15.1. The van der Waals surface area contributed by atoms with Crippen molar-refractivity contribution in [2.24, 2.45) is 0 Å². The average molecular weight is 770 g/mol. The van der Waals surface area contributed by atoms with E-state index in [4.69, 9.17) is 15.0 Å². The zero-order valence-electron chi connectivity index (χ0n) is 32.0. The van der Waals surface area contributed by atoms with Crippen LogP contribution >= 0.6 is 11.3 Å². The van der Waals surface area contributed by atoms with Crippen molar-refractivity contribution >= 4 is 42.3 Å². The minimum absolute atomic E-state index is 0.630. The summed E-state index contributed by atoms with van der Waals surface area (Å²) < 4.78 is 2.64. The second-order valence-corrected chi connectivity index (χ2v) is 15.8. The Bertz CT molecular complexity index is 3330. The highest BCUT2D eigenvalue weighted by molar-refractivity contribution is 7.26. The van der Waals surface area contributed by atoms with E-state index >= 15 is 0 Å². The lowest BCUT2D eigenvalue weighted by Crippen LogP contribution is -2.01. The van der Waals surface area contributed by atoms with Crippen LogP contribution in [-0.4, -0.2) is 15.0 Å². The molecule has 11 aromatic rings. The first kappa shape index (κ1) is 34.7. The highest BCUT2D eigenvalue weighted by Crippen LogP contribution is 2.42. The summed E-state index contributed by atoms with van der Waals surface area (Å²) in [5, 5.41) is 5.03. The van der Waals surface area contributed by atoms with Crippen LogP contribution in [-0.2, 0) is 0 Å². The maximum absolute atomic E-state index is 5.18. The molecule has 0 spiro atoms. The van der Waals surface area contributed by atoms with E-state index in [0.29, 0.717) is 17.5 Å². The van der Waals surface area contributed by atoms with Crippen LogP contribution in [0.1, 0.15) is 0 Å². The Morgan fingerprint density at radius 3 is 1.39 bits per heavy atom. The molecule has 4 heteroatoms. The van der Waals surface area contributed by atoms with E-state index in [1.807, 2.05) is 41.7 Å². The van der Waals surface area contributed by atoms with Gasteiger partial charge in [-0.3, -0.25) is 0 Å². The molecule has 0 aliphatic rings. The molecule has 0 aliphatic heterocycles. The quantitative estimate of drug-likeness (QED) is 0.162. The molecule has 0 fully saturated rings. The Kier molecular flexibility index (Phi) is 8.68. The summed E-state index contributed by atoms with van der Waals surface area (Å²) in [5.41, 5.74) is 12.2. The van der Waals surface area contributed by atoms with Gasteiger partial charge in [-0.05, 0) is 73.5 Å². The van der Waals surface area contributed by atoms with Gasteiger partial charge in [-0.2, -0.15) is 0 Å². The SMILES string of the molecule is c1ccc(-c2nc(-c3cccc(-c4ccc(-c5cccc(-c6cccc7c6sc6ccccc67)c5)c5ccccc45)c3)nc(-c3ccccc3-c3ccccc3)n2)cc1. The molecule has 2 aromatic heterocycles. The minimum Gasteiger partial charge on any atom is -0.208 e. The van der Waals surface area contributed by atoms with Gasteiger partial charge in [0.15, 0.2) is 17.5 Å². The highest BCUT2D eigenvalue weighted by Gasteiger charge is 2.18. The van der Waals surface area contributed by atoms with Crippen molar-refractivity contribution in [2.75, 3.05) is 0 Å². The normalized spacial score (nSPS) is 11.4. The molecule has 0 bridgehead atoms. The predicted molar refractivity (Wildman–Crippen MR) is 248 cm³/mol. The smallest absolute Gasteiger partial charge is 0.164 e. The summed E-state index contributed by atoms with van der Waals surface area (Å²) in [6.07, 6.45) is 0. The van der Waals surface area contributed by atoms with Crippen molar-refractivity contribution in [2.45, 2.75) is 0 Å². The maximum Gasteiger partial charge on any atom is 0.164 e. The molecule has 0 unspecified atom stereocenters. The third-order valence-corrected chi connectivity index (χ3v) is 12.4. The molecule has 9 aromatic carbocycles. The summed E-state index contributed by atoms with van der Waals surface area (Å²) in [6, 6.07) is 75.2. The third-order valence-electron chi connectivity index (χ3n) is 11.2. The Hall–Kier alpha value is -7.53. The van der Waals surface area contributed by atoms with E-state index in [9.17, 15) is 0 Å². The number of nitrogens with zero attached hydrogens (tertiary/aromatic N) is 3. The topological polar surface area (TPSA) is 38.7 Å². The molecule has 2 heterocycles. The van der Waals surface area contributed by atoms with Gasteiger partial charge in [0.1, 0.15) is 0 Å². The summed E-state index contributed by atoms with van der Waals surface area (Å²) in [4.78, 5) is 15.3. The van der Waals surface area contributed by atoms with Gasteiger partial charge in [-0.15, -0.1) is 11.3 Å². The minimum atomic E-state index is 0.630. The molecule has 276 valence electrons. The first-order valence-electron chi connectivity index (χ1n) is 19.9. The van der Waals surface area contributed by atoms with Gasteiger partial charge >= 0.3 is 0 Å². The molecule has 0 amide bonds. The van der Waals surface area contributed by atoms with Gasteiger partial charge in [0.25, 0.3) is 0 Å². The van der Waals surface area contributed by atoms with Crippen molar-refractivity contribution in [3.05, 3.63) is 212 Å². The number of rotatable bonds is 7. The second kappa shape index (κ2) is 14.8. The first-order valence-corrected chi connectivity index (χ1v) is 20.7. The molecule has 0 atom stereocenters. The Labute approximate surface area is 346 Å². The summed E-state index contributed by atoms with van der Waals surface area (Å²) in [5.74, 6) is 1.91. The molecule has 0 saturated heterocycles. The standard InChI is InChI=1S/C55H35N3S/c1-3-16-36(17-4-1)42-24-7-10-28-50(42)55-57-53(37-18-5-2-6-19-37)56-54(58-55)41-23-14-21-39(35-41)44-33-32-43(46-25-8-9-26-47(44)46)38-20-13-22-40(34-38)45-29-15-30-49-48-27-11-12-31-51(48)59-52(45)49/h1-35H. The van der Waals surface area contributed by atoms with Crippen LogP contribution in [0, 0.1) is 0 Å². The summed E-state index contributed by atoms with van der Waals surface area (Å²) in [7, 11) is 0. The van der Waals surface area contributed by atoms with Crippen LogP contribution in [0.2, 0.25) is 0 Å². The van der Waals surface area contributed by atoms with E-state index in [1.165, 1.54) is 53.2 Å². The van der Waals surface area contributed by atoms with Gasteiger partial charge in [0.2, 0.25) is 0 Å². The lowest BCUT2D eigenvalue weighted by Gasteiger charge is -2.14. The fraction of sp³-hybridized carbons (Fsp3) is 0. The first-order chi connectivity index (χ1) is 29.2.